The number of hydrogen-bond donors (Lipinski definition) is 0. The second kappa shape index (κ2) is 9.19. The Hall–Kier alpha value is -0.780. The van der Waals surface area contributed by atoms with Crippen molar-refractivity contribution in [2.75, 3.05) is 0 Å². The summed E-state index contributed by atoms with van der Waals surface area (Å²) in [5.41, 5.74) is 1.86. The van der Waals surface area contributed by atoms with Gasteiger partial charge >= 0.3 is 0 Å². The van der Waals surface area contributed by atoms with Crippen LogP contribution in [0.3, 0.4) is 0 Å². The fraction of sp³-hybridized carbons (Fsp3) is 0.667. The molecule has 0 aliphatic carbocycles. The van der Waals surface area contributed by atoms with Crippen LogP contribution in [0.4, 0.5) is 0 Å². The van der Waals surface area contributed by atoms with Crippen LogP contribution in [0.15, 0.2) is 30.3 Å². The van der Waals surface area contributed by atoms with Gasteiger partial charge in [0.2, 0.25) is 0 Å². The lowest BCUT2D eigenvalue weighted by atomic mass is 9.88. The van der Waals surface area contributed by atoms with E-state index >= 15 is 0 Å². The fourth-order valence-corrected chi connectivity index (χ4v) is 1.72. The van der Waals surface area contributed by atoms with E-state index in [1.54, 1.807) is 0 Å². The van der Waals surface area contributed by atoms with Crippen molar-refractivity contribution in [2.45, 2.75) is 67.2 Å². The molecule has 0 nitrogen and oxygen atoms in total. The van der Waals surface area contributed by atoms with Gasteiger partial charge in [0.15, 0.2) is 0 Å². The third kappa shape index (κ3) is 11.7. The molecule has 0 heterocycles. The van der Waals surface area contributed by atoms with Crippen LogP contribution in [-0.4, -0.2) is 0 Å². The molecule has 1 atom stereocenters. The Morgan fingerprint density at radius 2 is 1.61 bits per heavy atom. The third-order valence-electron chi connectivity index (χ3n) is 3.26. The first-order valence-corrected chi connectivity index (χ1v) is 7.37. The standard InChI is InChI=1S/C11H24.C7H8/c1-6-10(2)8-7-9-11(3,4)5;1-7-5-3-2-4-6-7/h10H,6-9H2,1-5H3;2-6H,1H3. The number of rotatable bonds is 4. The summed E-state index contributed by atoms with van der Waals surface area (Å²) in [6.45, 7) is 13.7. The lowest BCUT2D eigenvalue weighted by Gasteiger charge is -2.18. The second-order valence-corrected chi connectivity index (χ2v) is 6.62. The smallest absolute Gasteiger partial charge is 0.0383 e. The molecule has 1 rings (SSSR count). The van der Waals surface area contributed by atoms with Gasteiger partial charge in [-0.3, -0.25) is 0 Å². The van der Waals surface area contributed by atoms with Gasteiger partial charge in [0.1, 0.15) is 0 Å². The molecular formula is C18H32. The maximum absolute atomic E-state index is 2.35. The van der Waals surface area contributed by atoms with Crippen LogP contribution in [0.2, 0.25) is 0 Å². The van der Waals surface area contributed by atoms with Crippen LogP contribution in [0.5, 0.6) is 0 Å². The van der Waals surface area contributed by atoms with Crippen molar-refractivity contribution in [2.24, 2.45) is 11.3 Å². The lowest BCUT2D eigenvalue weighted by Crippen LogP contribution is -2.05. The van der Waals surface area contributed by atoms with Gasteiger partial charge < -0.3 is 0 Å². The normalized spacial score (nSPS) is 12.6. The molecule has 0 radical (unpaired) electrons. The summed E-state index contributed by atoms with van der Waals surface area (Å²) in [5, 5.41) is 0. The van der Waals surface area contributed by atoms with Crippen LogP contribution < -0.4 is 0 Å². The Labute approximate surface area is 115 Å². The van der Waals surface area contributed by atoms with Crippen LogP contribution in [-0.2, 0) is 0 Å². The van der Waals surface area contributed by atoms with E-state index in [0.29, 0.717) is 5.41 Å². The van der Waals surface area contributed by atoms with E-state index in [0.717, 1.165) is 5.92 Å². The minimum absolute atomic E-state index is 0.535. The van der Waals surface area contributed by atoms with Crippen molar-refractivity contribution in [1.82, 2.24) is 0 Å². The van der Waals surface area contributed by atoms with Gasteiger partial charge in [0.25, 0.3) is 0 Å². The molecule has 1 aromatic rings. The topological polar surface area (TPSA) is 0 Å². The van der Waals surface area contributed by atoms with Crippen LogP contribution >= 0.6 is 0 Å². The molecule has 1 unspecified atom stereocenters. The summed E-state index contributed by atoms with van der Waals surface area (Å²) in [5.74, 6) is 0.928. The highest BCUT2D eigenvalue weighted by molar-refractivity contribution is 5.11. The molecule has 0 heteroatoms. The highest BCUT2D eigenvalue weighted by atomic mass is 14.2. The first-order valence-electron chi connectivity index (χ1n) is 7.37. The minimum Gasteiger partial charge on any atom is -0.0651 e. The predicted molar refractivity (Wildman–Crippen MR) is 83.9 cm³/mol. The van der Waals surface area contributed by atoms with Gasteiger partial charge in [-0.1, -0.05) is 89.8 Å². The van der Waals surface area contributed by atoms with Gasteiger partial charge in [-0.05, 0) is 24.7 Å². The molecule has 0 aromatic heterocycles. The monoisotopic (exact) mass is 248 g/mol. The van der Waals surface area contributed by atoms with Gasteiger partial charge in [0.05, 0.1) is 0 Å². The van der Waals surface area contributed by atoms with Gasteiger partial charge in [-0.25, -0.2) is 0 Å². The summed E-state index contributed by atoms with van der Waals surface area (Å²) in [7, 11) is 0. The summed E-state index contributed by atoms with van der Waals surface area (Å²) < 4.78 is 0. The van der Waals surface area contributed by atoms with Crippen molar-refractivity contribution < 1.29 is 0 Å². The Kier molecular flexibility index (Phi) is 8.79. The van der Waals surface area contributed by atoms with Gasteiger partial charge in [-0.15, -0.1) is 0 Å². The molecule has 0 saturated carbocycles. The summed E-state index contributed by atoms with van der Waals surface area (Å²) in [6.07, 6.45) is 5.52. The quantitative estimate of drug-likeness (QED) is 0.591. The Morgan fingerprint density at radius 1 is 1.06 bits per heavy atom. The first-order chi connectivity index (χ1) is 8.35. The van der Waals surface area contributed by atoms with Crippen LogP contribution in [0, 0.1) is 18.3 Å². The molecule has 18 heavy (non-hydrogen) atoms. The van der Waals surface area contributed by atoms with Crippen molar-refractivity contribution in [3.05, 3.63) is 35.9 Å². The van der Waals surface area contributed by atoms with Crippen molar-refractivity contribution >= 4 is 0 Å². The van der Waals surface area contributed by atoms with E-state index in [1.807, 2.05) is 18.2 Å². The Bertz CT molecular complexity index is 279. The highest BCUT2D eigenvalue weighted by Crippen LogP contribution is 2.23. The molecule has 0 spiro atoms. The van der Waals surface area contributed by atoms with E-state index in [1.165, 1.54) is 31.2 Å². The maximum atomic E-state index is 2.35. The maximum Gasteiger partial charge on any atom is -0.0383 e. The number of aryl methyl sites for hydroxylation is 1. The average molecular weight is 248 g/mol. The fourth-order valence-electron chi connectivity index (χ4n) is 1.72. The molecule has 0 fully saturated rings. The predicted octanol–water partition coefficient (Wildman–Crippen LogP) is 6.24. The van der Waals surface area contributed by atoms with Crippen molar-refractivity contribution in [3.8, 4) is 0 Å². The Morgan fingerprint density at radius 3 is 1.94 bits per heavy atom. The molecule has 0 bridgehead atoms. The van der Waals surface area contributed by atoms with Crippen LogP contribution in [0.1, 0.15) is 65.9 Å². The molecule has 0 amide bonds. The van der Waals surface area contributed by atoms with E-state index in [4.69, 9.17) is 0 Å². The zero-order chi connectivity index (χ0) is 14.0. The Balaban J connectivity index is 0.000000351. The van der Waals surface area contributed by atoms with E-state index in [-0.39, 0.29) is 0 Å². The molecule has 104 valence electrons. The second-order valence-electron chi connectivity index (χ2n) is 6.62. The SMILES string of the molecule is CCC(C)CCCC(C)(C)C.Cc1ccccc1. The van der Waals surface area contributed by atoms with Crippen LogP contribution in [0.25, 0.3) is 0 Å². The van der Waals surface area contributed by atoms with Gasteiger partial charge in [0, 0.05) is 0 Å². The van der Waals surface area contributed by atoms with Gasteiger partial charge in [-0.2, -0.15) is 0 Å². The zero-order valence-corrected chi connectivity index (χ0v) is 13.3. The molecule has 0 aliphatic heterocycles. The van der Waals surface area contributed by atoms with E-state index in [2.05, 4.69) is 53.7 Å². The number of hydrogen-bond acceptors (Lipinski definition) is 0. The number of benzene rings is 1. The summed E-state index contributed by atoms with van der Waals surface area (Å²) in [6, 6.07) is 10.3. The molecule has 0 aliphatic rings. The first kappa shape index (κ1) is 17.2. The third-order valence-corrected chi connectivity index (χ3v) is 3.26. The summed E-state index contributed by atoms with van der Waals surface area (Å²) in [4.78, 5) is 0. The highest BCUT2D eigenvalue weighted by Gasteiger charge is 2.09. The van der Waals surface area contributed by atoms with Crippen molar-refractivity contribution in [1.29, 1.82) is 0 Å². The molecule has 0 saturated heterocycles. The minimum atomic E-state index is 0.535. The molecule has 0 N–H and O–H groups in total. The van der Waals surface area contributed by atoms with Crippen molar-refractivity contribution in [3.63, 3.8) is 0 Å². The lowest BCUT2D eigenvalue weighted by molar-refractivity contribution is 0.341. The molecular weight excluding hydrogens is 216 g/mol. The van der Waals surface area contributed by atoms with E-state index in [9.17, 15) is 0 Å². The van der Waals surface area contributed by atoms with E-state index < -0.39 is 0 Å². The summed E-state index contributed by atoms with van der Waals surface area (Å²) >= 11 is 0. The molecule has 1 aromatic carbocycles. The largest absolute Gasteiger partial charge is 0.0651 e. The average Bonchev–Trinajstić information content (AvgIpc) is 2.29. The zero-order valence-electron chi connectivity index (χ0n) is 13.3.